The predicted molar refractivity (Wildman–Crippen MR) is 66.3 cm³/mol. The molecule has 0 saturated heterocycles. The first-order valence-corrected chi connectivity index (χ1v) is 5.41. The van der Waals surface area contributed by atoms with Gasteiger partial charge in [0.05, 0.1) is 12.1 Å². The topological polar surface area (TPSA) is 46.5 Å². The van der Waals surface area contributed by atoms with Crippen LogP contribution in [0.1, 0.15) is 12.0 Å². The lowest BCUT2D eigenvalue weighted by atomic mass is 10.0. The van der Waals surface area contributed by atoms with E-state index in [2.05, 4.69) is 6.58 Å². The van der Waals surface area contributed by atoms with Crippen LogP contribution in [-0.4, -0.2) is 18.0 Å². The summed E-state index contributed by atoms with van der Waals surface area (Å²) in [5.41, 5.74) is 1.39. The van der Waals surface area contributed by atoms with Crippen molar-refractivity contribution < 1.29 is 14.6 Å². The van der Waals surface area contributed by atoms with E-state index in [9.17, 15) is 9.90 Å². The summed E-state index contributed by atoms with van der Waals surface area (Å²) >= 11 is 6.08. The van der Waals surface area contributed by atoms with Gasteiger partial charge in [0, 0.05) is 23.1 Å². The molecule has 0 fully saturated rings. The number of ketones is 1. The van der Waals surface area contributed by atoms with Gasteiger partial charge in [-0.1, -0.05) is 24.2 Å². The van der Waals surface area contributed by atoms with Gasteiger partial charge in [0.15, 0.2) is 5.76 Å². The zero-order chi connectivity index (χ0) is 12.6. The third kappa shape index (κ3) is 1.83. The highest BCUT2D eigenvalue weighted by Crippen LogP contribution is 2.41. The minimum atomic E-state index is -0.429. The van der Waals surface area contributed by atoms with Crippen LogP contribution < -0.4 is 4.74 Å². The fourth-order valence-electron chi connectivity index (χ4n) is 1.86. The summed E-state index contributed by atoms with van der Waals surface area (Å²) in [7, 11) is 1.51. The number of halogens is 1. The fourth-order valence-corrected chi connectivity index (χ4v) is 2.14. The Kier molecular flexibility index (Phi) is 2.94. The molecule has 3 nitrogen and oxygen atoms in total. The van der Waals surface area contributed by atoms with E-state index in [0.717, 1.165) is 0 Å². The number of methoxy groups -OCH3 is 1. The van der Waals surface area contributed by atoms with Crippen LogP contribution in [0, 0.1) is 0 Å². The number of aliphatic hydroxyl groups is 1. The Morgan fingerprint density at radius 2 is 2.18 bits per heavy atom. The molecule has 1 aromatic rings. The second-order valence-electron chi connectivity index (χ2n) is 3.75. The Morgan fingerprint density at radius 3 is 2.71 bits per heavy atom. The first kappa shape index (κ1) is 11.7. The number of carbonyl (C=O) groups excluding carboxylic acids is 1. The maximum absolute atomic E-state index is 11.5. The van der Waals surface area contributed by atoms with Gasteiger partial charge in [-0.15, -0.1) is 0 Å². The maximum Gasteiger partial charge on any atom is 0.223 e. The van der Waals surface area contributed by atoms with E-state index in [1.165, 1.54) is 7.11 Å². The lowest BCUT2D eigenvalue weighted by Crippen LogP contribution is -1.97. The van der Waals surface area contributed by atoms with Crippen LogP contribution in [0.2, 0.25) is 5.02 Å². The second kappa shape index (κ2) is 4.26. The van der Waals surface area contributed by atoms with E-state index in [0.29, 0.717) is 33.9 Å². The molecule has 0 heterocycles. The maximum atomic E-state index is 11.5. The van der Waals surface area contributed by atoms with Crippen molar-refractivity contribution in [2.45, 2.75) is 6.42 Å². The summed E-state index contributed by atoms with van der Waals surface area (Å²) in [4.78, 5) is 11.5. The molecule has 0 saturated carbocycles. The molecule has 0 spiro atoms. The van der Waals surface area contributed by atoms with Crippen molar-refractivity contribution in [3.05, 3.63) is 46.7 Å². The predicted octanol–water partition coefficient (Wildman–Crippen LogP) is 3.15. The second-order valence-corrected chi connectivity index (χ2v) is 4.16. The Bertz CT molecular complexity index is 544. The molecule has 4 heteroatoms. The number of aliphatic hydroxyl groups excluding tert-OH is 1. The van der Waals surface area contributed by atoms with Crippen LogP contribution in [0.4, 0.5) is 0 Å². The number of benzene rings is 1. The summed E-state index contributed by atoms with van der Waals surface area (Å²) in [5, 5.41) is 10.2. The van der Waals surface area contributed by atoms with Crippen molar-refractivity contribution in [1.82, 2.24) is 0 Å². The van der Waals surface area contributed by atoms with Crippen molar-refractivity contribution in [2.24, 2.45) is 0 Å². The first-order valence-electron chi connectivity index (χ1n) is 5.03. The van der Waals surface area contributed by atoms with Gasteiger partial charge < -0.3 is 9.84 Å². The Hall–Kier alpha value is -1.74. The zero-order valence-corrected chi connectivity index (χ0v) is 10.0. The summed E-state index contributed by atoms with van der Waals surface area (Å²) in [6.45, 7) is 3.61. The quantitative estimate of drug-likeness (QED) is 0.821. The molecule has 0 aromatic heterocycles. The minimum absolute atomic E-state index is 0.290. The average Bonchev–Trinajstić information content (AvgIpc) is 2.56. The number of Topliss-reactive ketones (excluding diaryl/α,β-unsaturated/α-hetero) is 1. The zero-order valence-electron chi connectivity index (χ0n) is 9.29. The Labute approximate surface area is 104 Å². The molecule has 1 aliphatic carbocycles. The van der Waals surface area contributed by atoms with Gasteiger partial charge in [-0.25, -0.2) is 0 Å². The largest absolute Gasteiger partial charge is 0.504 e. The first-order chi connectivity index (χ1) is 8.06. The molecule has 1 aliphatic rings. The van der Waals surface area contributed by atoms with Gasteiger partial charge in [-0.2, -0.15) is 0 Å². The standard InChI is InChI=1S/C13H11ClO3/c1-7-6-8(13(16)12(7)15)11-9(14)4-3-5-10(11)17-2/h3-5,16H,1,6H2,2H3. The van der Waals surface area contributed by atoms with E-state index in [4.69, 9.17) is 16.3 Å². The number of rotatable bonds is 2. The van der Waals surface area contributed by atoms with Crippen molar-refractivity contribution in [3.63, 3.8) is 0 Å². The molecule has 0 unspecified atom stereocenters. The molecule has 88 valence electrons. The minimum Gasteiger partial charge on any atom is -0.504 e. The molecule has 0 bridgehead atoms. The molecular formula is C13H11ClO3. The third-order valence-corrected chi connectivity index (χ3v) is 3.02. The van der Waals surface area contributed by atoms with Gasteiger partial charge in [-0.05, 0) is 12.1 Å². The highest BCUT2D eigenvalue weighted by molar-refractivity contribution is 6.33. The van der Waals surface area contributed by atoms with Crippen LogP contribution in [0.15, 0.2) is 36.1 Å². The average molecular weight is 251 g/mol. The van der Waals surface area contributed by atoms with Gasteiger partial charge >= 0.3 is 0 Å². The van der Waals surface area contributed by atoms with Crippen molar-refractivity contribution in [3.8, 4) is 5.75 Å². The number of ether oxygens (including phenoxy) is 1. The molecule has 0 amide bonds. The molecule has 0 radical (unpaired) electrons. The molecule has 0 atom stereocenters. The van der Waals surface area contributed by atoms with E-state index < -0.39 is 5.78 Å². The van der Waals surface area contributed by atoms with E-state index in [-0.39, 0.29) is 5.76 Å². The van der Waals surface area contributed by atoms with Gasteiger partial charge in [0.25, 0.3) is 0 Å². The van der Waals surface area contributed by atoms with Gasteiger partial charge in [0.1, 0.15) is 5.75 Å². The normalized spacial score (nSPS) is 15.6. The van der Waals surface area contributed by atoms with E-state index >= 15 is 0 Å². The molecule has 17 heavy (non-hydrogen) atoms. The van der Waals surface area contributed by atoms with Crippen molar-refractivity contribution in [1.29, 1.82) is 0 Å². The number of allylic oxidation sites excluding steroid dienone is 2. The lowest BCUT2D eigenvalue weighted by Gasteiger charge is -2.10. The van der Waals surface area contributed by atoms with Crippen LogP contribution in [0.25, 0.3) is 5.57 Å². The van der Waals surface area contributed by atoms with Gasteiger partial charge in [0.2, 0.25) is 5.78 Å². The molecule has 1 N–H and O–H groups in total. The van der Waals surface area contributed by atoms with Crippen LogP contribution in [0.3, 0.4) is 0 Å². The van der Waals surface area contributed by atoms with Crippen LogP contribution >= 0.6 is 11.6 Å². The number of hydrogen-bond acceptors (Lipinski definition) is 3. The van der Waals surface area contributed by atoms with Crippen LogP contribution in [0.5, 0.6) is 5.75 Å². The Morgan fingerprint density at radius 1 is 1.47 bits per heavy atom. The molecular weight excluding hydrogens is 240 g/mol. The monoisotopic (exact) mass is 250 g/mol. The molecule has 2 rings (SSSR count). The van der Waals surface area contributed by atoms with Crippen LogP contribution in [-0.2, 0) is 4.79 Å². The van der Waals surface area contributed by atoms with Crippen molar-refractivity contribution >= 4 is 23.0 Å². The number of hydrogen-bond donors (Lipinski definition) is 1. The third-order valence-electron chi connectivity index (χ3n) is 2.71. The fraction of sp³-hybridized carbons (Fsp3) is 0.154. The van der Waals surface area contributed by atoms with Crippen molar-refractivity contribution in [2.75, 3.05) is 7.11 Å². The summed E-state index contributed by atoms with van der Waals surface area (Å²) in [5.74, 6) is -0.190. The lowest BCUT2D eigenvalue weighted by molar-refractivity contribution is -0.114. The summed E-state index contributed by atoms with van der Waals surface area (Å²) in [6, 6.07) is 5.16. The summed E-state index contributed by atoms with van der Waals surface area (Å²) < 4.78 is 5.19. The smallest absolute Gasteiger partial charge is 0.223 e. The highest BCUT2D eigenvalue weighted by atomic mass is 35.5. The van der Waals surface area contributed by atoms with E-state index in [1.54, 1.807) is 18.2 Å². The molecule has 0 aliphatic heterocycles. The SMILES string of the molecule is C=C1CC(c2c(Cl)cccc2OC)=C(O)C1=O. The highest BCUT2D eigenvalue weighted by Gasteiger charge is 2.29. The van der Waals surface area contributed by atoms with Gasteiger partial charge in [-0.3, -0.25) is 4.79 Å². The summed E-state index contributed by atoms with van der Waals surface area (Å²) in [6.07, 6.45) is 0.296. The molecule has 1 aromatic carbocycles. The Balaban J connectivity index is 2.63. The number of carbonyl (C=O) groups is 1. The van der Waals surface area contributed by atoms with E-state index in [1.807, 2.05) is 0 Å².